The van der Waals surface area contributed by atoms with Gasteiger partial charge in [-0.25, -0.2) is 5.53 Å². The fourth-order valence-corrected chi connectivity index (χ4v) is 3.75. The second-order valence-corrected chi connectivity index (χ2v) is 7.36. The number of aromatic amines is 1. The van der Waals surface area contributed by atoms with Crippen LogP contribution in [-0.4, -0.2) is 42.1 Å². The summed E-state index contributed by atoms with van der Waals surface area (Å²) in [5.74, 6) is -0.00874. The van der Waals surface area contributed by atoms with Gasteiger partial charge in [0, 0.05) is 41.7 Å². The summed E-state index contributed by atoms with van der Waals surface area (Å²) in [6.45, 7) is 4.19. The predicted molar refractivity (Wildman–Crippen MR) is 117 cm³/mol. The number of carbonyl (C=O) groups is 1. The number of para-hydroxylation sites is 1. The van der Waals surface area contributed by atoms with Crippen molar-refractivity contribution in [2.24, 2.45) is 5.11 Å². The average molecular weight is 418 g/mol. The predicted octanol–water partition coefficient (Wildman–Crippen LogP) is 2.53. The van der Waals surface area contributed by atoms with Crippen molar-refractivity contribution in [3.63, 3.8) is 0 Å². The summed E-state index contributed by atoms with van der Waals surface area (Å²) in [6.07, 6.45) is 1.65. The lowest BCUT2D eigenvalue weighted by atomic mass is 10.0. The first-order valence-corrected chi connectivity index (χ1v) is 10.1. The molecule has 2 heterocycles. The molecule has 158 valence electrons. The minimum atomic E-state index is -0.279. The zero-order chi connectivity index (χ0) is 21.8. The number of benzene rings is 2. The van der Waals surface area contributed by atoms with E-state index in [-0.39, 0.29) is 17.2 Å². The van der Waals surface area contributed by atoms with Gasteiger partial charge in [-0.05, 0) is 30.7 Å². The molecule has 1 fully saturated rings. The third-order valence-corrected chi connectivity index (χ3v) is 5.45. The highest BCUT2D eigenvalue weighted by Gasteiger charge is 2.19. The van der Waals surface area contributed by atoms with E-state index in [4.69, 9.17) is 10.3 Å². The van der Waals surface area contributed by atoms with Crippen LogP contribution in [0, 0.1) is 12.5 Å². The highest BCUT2D eigenvalue weighted by molar-refractivity contribution is 5.94. The SMILES string of the molecule is Cc1c(C(=C[NH2+]c2ccc(C(=O)N3CCOCC3)cc2)N=N)c(=O)[nH]c2ccccc12. The second kappa shape index (κ2) is 9.03. The second-order valence-electron chi connectivity index (χ2n) is 7.36. The number of fused-ring (bicyclic) bond motifs is 1. The third-order valence-electron chi connectivity index (χ3n) is 5.45. The first-order valence-electron chi connectivity index (χ1n) is 10.1. The molecular formula is C23H24N5O3+. The largest absolute Gasteiger partial charge is 0.378 e. The molecule has 1 saturated heterocycles. The van der Waals surface area contributed by atoms with E-state index in [1.54, 1.807) is 28.5 Å². The van der Waals surface area contributed by atoms with E-state index < -0.39 is 0 Å². The lowest BCUT2D eigenvalue weighted by Gasteiger charge is -2.26. The minimum absolute atomic E-state index is 0.00874. The van der Waals surface area contributed by atoms with Crippen molar-refractivity contribution in [1.82, 2.24) is 9.88 Å². The lowest BCUT2D eigenvalue weighted by Crippen LogP contribution is -2.71. The number of aromatic nitrogens is 1. The molecule has 4 N–H and O–H groups in total. The Morgan fingerprint density at radius 1 is 1.16 bits per heavy atom. The van der Waals surface area contributed by atoms with Crippen molar-refractivity contribution < 1.29 is 14.8 Å². The molecule has 1 aliphatic heterocycles. The van der Waals surface area contributed by atoms with Crippen LogP contribution in [0.15, 0.2) is 64.6 Å². The Hall–Kier alpha value is -3.62. The first kappa shape index (κ1) is 20.6. The number of quaternary nitrogens is 1. The molecule has 4 rings (SSSR count). The van der Waals surface area contributed by atoms with Crippen molar-refractivity contribution in [1.29, 1.82) is 5.53 Å². The van der Waals surface area contributed by atoms with Crippen LogP contribution in [0.1, 0.15) is 21.5 Å². The molecule has 31 heavy (non-hydrogen) atoms. The molecule has 0 radical (unpaired) electrons. The number of H-pyrrole nitrogens is 1. The summed E-state index contributed by atoms with van der Waals surface area (Å²) < 4.78 is 5.29. The number of nitrogens with zero attached hydrogens (tertiary/aromatic N) is 2. The Morgan fingerprint density at radius 2 is 1.87 bits per heavy atom. The smallest absolute Gasteiger partial charge is 0.258 e. The van der Waals surface area contributed by atoms with Crippen LogP contribution >= 0.6 is 0 Å². The van der Waals surface area contributed by atoms with Crippen molar-refractivity contribution in [2.75, 3.05) is 26.3 Å². The molecule has 8 heteroatoms. The number of aryl methyl sites for hydroxylation is 1. The average Bonchev–Trinajstić information content (AvgIpc) is 2.81. The zero-order valence-electron chi connectivity index (χ0n) is 17.2. The molecule has 0 saturated carbocycles. The van der Waals surface area contributed by atoms with E-state index in [0.29, 0.717) is 37.4 Å². The van der Waals surface area contributed by atoms with Gasteiger partial charge in [0.2, 0.25) is 0 Å². The number of rotatable bonds is 5. The van der Waals surface area contributed by atoms with Gasteiger partial charge < -0.3 is 14.6 Å². The summed E-state index contributed by atoms with van der Waals surface area (Å²) in [6, 6.07) is 14.8. The first-order chi connectivity index (χ1) is 15.1. The van der Waals surface area contributed by atoms with E-state index >= 15 is 0 Å². The maximum absolute atomic E-state index is 12.6. The summed E-state index contributed by atoms with van der Waals surface area (Å²) in [4.78, 5) is 29.8. The standard InChI is InChI=1S/C23H23N5O3/c1-15-18-4-2-3-5-19(18)26-22(29)21(15)20(27-24)14-25-17-8-6-16(7-9-17)23(30)28-10-12-31-13-11-28/h2-9,14,24-25H,10-13H2,1H3,(H,26,29)/p+1. The topological polar surface area (TPSA) is 115 Å². The summed E-state index contributed by atoms with van der Waals surface area (Å²) in [7, 11) is 0. The van der Waals surface area contributed by atoms with Crippen LogP contribution in [0.3, 0.4) is 0 Å². The quantitative estimate of drug-likeness (QED) is 0.437. The maximum Gasteiger partial charge on any atom is 0.258 e. The maximum atomic E-state index is 12.6. The number of ether oxygens (including phenoxy) is 1. The fourth-order valence-electron chi connectivity index (χ4n) is 3.75. The summed E-state index contributed by atoms with van der Waals surface area (Å²) >= 11 is 0. The van der Waals surface area contributed by atoms with E-state index in [2.05, 4.69) is 10.1 Å². The molecule has 0 atom stereocenters. The van der Waals surface area contributed by atoms with Crippen LogP contribution < -0.4 is 10.9 Å². The number of morpholine rings is 1. The number of pyridine rings is 1. The Morgan fingerprint density at radius 3 is 2.58 bits per heavy atom. The highest BCUT2D eigenvalue weighted by atomic mass is 16.5. The van der Waals surface area contributed by atoms with Gasteiger partial charge in [0.25, 0.3) is 11.5 Å². The number of carbonyl (C=O) groups excluding carboxylic acids is 1. The van der Waals surface area contributed by atoms with Gasteiger partial charge in [0.15, 0.2) is 5.70 Å². The van der Waals surface area contributed by atoms with Gasteiger partial charge in [-0.15, -0.1) is 0 Å². The molecule has 0 aliphatic carbocycles. The number of amides is 1. The van der Waals surface area contributed by atoms with Crippen molar-refractivity contribution >= 4 is 28.2 Å². The lowest BCUT2D eigenvalue weighted by molar-refractivity contribution is -0.495. The normalized spacial score (nSPS) is 14.6. The Bertz CT molecular complexity index is 1210. The van der Waals surface area contributed by atoms with Crippen LogP contribution in [0.25, 0.3) is 16.6 Å². The van der Waals surface area contributed by atoms with Crippen LogP contribution in [0.4, 0.5) is 5.69 Å². The minimum Gasteiger partial charge on any atom is -0.378 e. The molecule has 0 bridgehead atoms. The molecular weight excluding hydrogens is 394 g/mol. The number of nitrogens with two attached hydrogens (primary N) is 1. The number of hydrogen-bond acceptors (Lipinski definition) is 5. The summed E-state index contributed by atoms with van der Waals surface area (Å²) in [5.41, 5.74) is 11.0. The zero-order valence-corrected chi connectivity index (χ0v) is 17.2. The van der Waals surface area contributed by atoms with Gasteiger partial charge >= 0.3 is 0 Å². The molecule has 0 spiro atoms. The molecule has 1 aromatic heterocycles. The van der Waals surface area contributed by atoms with Gasteiger partial charge in [-0.3, -0.25) is 14.9 Å². The molecule has 8 nitrogen and oxygen atoms in total. The van der Waals surface area contributed by atoms with Crippen LogP contribution in [0.5, 0.6) is 0 Å². The molecule has 0 unspecified atom stereocenters. The monoisotopic (exact) mass is 418 g/mol. The molecule has 1 amide bonds. The number of nitrogens with one attached hydrogen (secondary N) is 2. The van der Waals surface area contributed by atoms with E-state index in [1.807, 2.05) is 43.3 Å². The van der Waals surface area contributed by atoms with Gasteiger partial charge in [0.05, 0.1) is 18.8 Å². The Balaban J connectivity index is 1.56. The van der Waals surface area contributed by atoms with E-state index in [9.17, 15) is 9.59 Å². The fraction of sp³-hybridized carbons (Fsp3) is 0.217. The van der Waals surface area contributed by atoms with Gasteiger partial charge in [-0.1, -0.05) is 18.2 Å². The Labute approximate surface area is 179 Å². The van der Waals surface area contributed by atoms with Gasteiger partial charge in [0.1, 0.15) is 11.9 Å². The van der Waals surface area contributed by atoms with Crippen LogP contribution in [0.2, 0.25) is 0 Å². The molecule has 1 aliphatic rings. The molecule has 2 aromatic carbocycles. The van der Waals surface area contributed by atoms with E-state index in [1.165, 1.54) is 0 Å². The van der Waals surface area contributed by atoms with Gasteiger partial charge in [-0.2, -0.15) is 5.11 Å². The molecule has 3 aromatic rings. The Kier molecular flexibility index (Phi) is 6.01. The van der Waals surface area contributed by atoms with Crippen LogP contribution in [-0.2, 0) is 4.74 Å². The number of hydrogen-bond donors (Lipinski definition) is 3. The van der Waals surface area contributed by atoms with Crippen molar-refractivity contribution in [3.8, 4) is 0 Å². The van der Waals surface area contributed by atoms with Crippen molar-refractivity contribution in [2.45, 2.75) is 6.92 Å². The summed E-state index contributed by atoms with van der Waals surface area (Å²) in [5, 5.41) is 6.29. The van der Waals surface area contributed by atoms with E-state index in [0.717, 1.165) is 22.2 Å². The third kappa shape index (κ3) is 4.30. The highest BCUT2D eigenvalue weighted by Crippen LogP contribution is 2.22. The van der Waals surface area contributed by atoms with Crippen molar-refractivity contribution in [3.05, 3.63) is 81.8 Å².